The summed E-state index contributed by atoms with van der Waals surface area (Å²) in [4.78, 5) is 15.8. The van der Waals surface area contributed by atoms with Gasteiger partial charge in [-0.3, -0.25) is 4.79 Å². The molecule has 3 rings (SSSR count). The first kappa shape index (κ1) is 23.8. The molecule has 1 amide bonds. The standard InChI is InChI=1S/C21H28N4O4.HI/c1-4-23-21(25-12-16-6-7-17(29-16)20(22)26)24-11-15-10-19-14(8-13(3)28-19)9-18(15)27-5-2;/h6-7,9-10,13H,4-5,8,11-12H2,1-3H3,(H2,22,26)(H2,23,24,25);1H. The number of hydrogen-bond donors (Lipinski definition) is 3. The normalized spacial score (nSPS) is 15.0. The number of nitrogens with two attached hydrogens (primary N) is 1. The molecule has 1 aliphatic rings. The quantitative estimate of drug-likeness (QED) is 0.276. The first-order valence-electron chi connectivity index (χ1n) is 9.86. The minimum atomic E-state index is -0.589. The SMILES string of the molecule is CCNC(=NCc1cc2c(cc1OCC)CC(C)O2)NCc1ccc(C(N)=O)o1.I. The molecule has 1 atom stereocenters. The Morgan fingerprint density at radius 2 is 2.10 bits per heavy atom. The Balaban J connectivity index is 0.00000320. The Labute approximate surface area is 193 Å². The van der Waals surface area contributed by atoms with Crippen molar-refractivity contribution in [2.24, 2.45) is 10.7 Å². The van der Waals surface area contributed by atoms with Gasteiger partial charge in [-0.15, -0.1) is 24.0 Å². The number of halogens is 1. The van der Waals surface area contributed by atoms with Crippen LogP contribution >= 0.6 is 24.0 Å². The van der Waals surface area contributed by atoms with Crippen molar-refractivity contribution < 1.29 is 18.7 Å². The van der Waals surface area contributed by atoms with Crippen LogP contribution < -0.4 is 25.8 Å². The van der Waals surface area contributed by atoms with E-state index in [-0.39, 0.29) is 35.8 Å². The van der Waals surface area contributed by atoms with Gasteiger partial charge in [-0.2, -0.15) is 0 Å². The van der Waals surface area contributed by atoms with Crippen molar-refractivity contribution in [3.63, 3.8) is 0 Å². The van der Waals surface area contributed by atoms with E-state index in [1.54, 1.807) is 12.1 Å². The van der Waals surface area contributed by atoms with E-state index in [0.717, 1.165) is 23.5 Å². The Morgan fingerprint density at radius 3 is 2.77 bits per heavy atom. The third-order valence-corrected chi connectivity index (χ3v) is 4.47. The molecule has 0 fully saturated rings. The summed E-state index contributed by atoms with van der Waals surface area (Å²) in [6.07, 6.45) is 1.07. The molecule has 164 valence electrons. The van der Waals surface area contributed by atoms with Gasteiger partial charge in [0.2, 0.25) is 0 Å². The van der Waals surface area contributed by atoms with Crippen molar-refractivity contribution in [1.29, 1.82) is 0 Å². The highest BCUT2D eigenvalue weighted by molar-refractivity contribution is 14.0. The summed E-state index contributed by atoms with van der Waals surface area (Å²) in [6.45, 7) is 8.12. The van der Waals surface area contributed by atoms with Crippen LogP contribution in [0.25, 0.3) is 0 Å². The van der Waals surface area contributed by atoms with Crippen LogP contribution in [0.2, 0.25) is 0 Å². The molecule has 1 aromatic carbocycles. The number of nitrogens with zero attached hydrogens (tertiary/aromatic N) is 1. The number of fused-ring (bicyclic) bond motifs is 1. The smallest absolute Gasteiger partial charge is 0.284 e. The molecule has 1 aliphatic heterocycles. The fraction of sp³-hybridized carbons (Fsp3) is 0.429. The van der Waals surface area contributed by atoms with E-state index >= 15 is 0 Å². The molecule has 0 spiro atoms. The maximum atomic E-state index is 11.2. The van der Waals surface area contributed by atoms with E-state index in [9.17, 15) is 4.79 Å². The molecule has 1 aromatic heterocycles. The minimum absolute atomic E-state index is 0. The van der Waals surface area contributed by atoms with Crippen LogP contribution in [0.1, 0.15) is 48.2 Å². The Bertz CT molecular complexity index is 897. The summed E-state index contributed by atoms with van der Waals surface area (Å²) >= 11 is 0. The highest BCUT2D eigenvalue weighted by Crippen LogP contribution is 2.35. The number of nitrogens with one attached hydrogen (secondary N) is 2. The van der Waals surface area contributed by atoms with Gasteiger partial charge in [-0.05, 0) is 45.0 Å². The van der Waals surface area contributed by atoms with Gasteiger partial charge in [-0.1, -0.05) is 0 Å². The van der Waals surface area contributed by atoms with Gasteiger partial charge < -0.3 is 30.3 Å². The summed E-state index contributed by atoms with van der Waals surface area (Å²) in [5, 5.41) is 6.39. The molecule has 8 nitrogen and oxygen atoms in total. The number of carbonyl (C=O) groups excluding carboxylic acids is 1. The average Bonchev–Trinajstić information content (AvgIpc) is 3.29. The van der Waals surface area contributed by atoms with E-state index in [0.29, 0.717) is 38.0 Å². The molecule has 2 heterocycles. The number of benzene rings is 1. The molecular weight excluding hydrogens is 499 g/mol. The summed E-state index contributed by atoms with van der Waals surface area (Å²) in [6, 6.07) is 7.34. The predicted molar refractivity (Wildman–Crippen MR) is 126 cm³/mol. The summed E-state index contributed by atoms with van der Waals surface area (Å²) in [7, 11) is 0. The molecule has 0 bridgehead atoms. The van der Waals surface area contributed by atoms with Crippen LogP contribution in [-0.4, -0.2) is 31.1 Å². The van der Waals surface area contributed by atoms with Gasteiger partial charge in [0.15, 0.2) is 11.7 Å². The zero-order chi connectivity index (χ0) is 20.8. The second-order valence-corrected chi connectivity index (χ2v) is 6.81. The molecule has 0 saturated heterocycles. The van der Waals surface area contributed by atoms with Crippen molar-refractivity contribution in [2.45, 2.75) is 46.4 Å². The predicted octanol–water partition coefficient (Wildman–Crippen LogP) is 2.97. The number of ether oxygens (including phenoxy) is 2. The lowest BCUT2D eigenvalue weighted by molar-refractivity contribution is 0.0972. The van der Waals surface area contributed by atoms with Crippen molar-refractivity contribution in [3.05, 3.63) is 46.9 Å². The summed E-state index contributed by atoms with van der Waals surface area (Å²) in [5.74, 6) is 2.51. The molecule has 4 N–H and O–H groups in total. The zero-order valence-corrected chi connectivity index (χ0v) is 19.8. The molecular formula is C21H29IN4O4. The highest BCUT2D eigenvalue weighted by atomic mass is 127. The topological polar surface area (TPSA) is 111 Å². The maximum absolute atomic E-state index is 11.2. The van der Waals surface area contributed by atoms with Crippen molar-refractivity contribution in [2.75, 3.05) is 13.2 Å². The van der Waals surface area contributed by atoms with Crippen molar-refractivity contribution in [3.8, 4) is 11.5 Å². The van der Waals surface area contributed by atoms with Crippen LogP contribution in [0.15, 0.2) is 33.7 Å². The summed E-state index contributed by atoms with van der Waals surface area (Å²) < 4.78 is 17.1. The fourth-order valence-electron chi connectivity index (χ4n) is 3.18. The molecule has 0 aliphatic carbocycles. The molecule has 2 aromatic rings. The van der Waals surface area contributed by atoms with Gasteiger partial charge in [0.1, 0.15) is 23.4 Å². The molecule has 30 heavy (non-hydrogen) atoms. The third-order valence-electron chi connectivity index (χ3n) is 4.47. The molecule has 0 radical (unpaired) electrons. The van der Waals surface area contributed by atoms with E-state index in [1.807, 2.05) is 19.9 Å². The number of primary amides is 1. The van der Waals surface area contributed by atoms with Crippen LogP contribution in [-0.2, 0) is 19.5 Å². The van der Waals surface area contributed by atoms with Crippen LogP contribution in [0.4, 0.5) is 0 Å². The largest absolute Gasteiger partial charge is 0.494 e. The number of hydrogen-bond acceptors (Lipinski definition) is 5. The monoisotopic (exact) mass is 528 g/mol. The van der Waals surface area contributed by atoms with Gasteiger partial charge in [0.25, 0.3) is 5.91 Å². The fourth-order valence-corrected chi connectivity index (χ4v) is 3.18. The number of carbonyl (C=O) groups is 1. The van der Waals surface area contributed by atoms with Gasteiger partial charge in [0, 0.05) is 24.1 Å². The molecule has 1 unspecified atom stereocenters. The van der Waals surface area contributed by atoms with Crippen LogP contribution in [0.3, 0.4) is 0 Å². The van der Waals surface area contributed by atoms with Crippen molar-refractivity contribution >= 4 is 35.8 Å². The first-order valence-corrected chi connectivity index (χ1v) is 9.86. The average molecular weight is 528 g/mol. The number of amides is 1. The second-order valence-electron chi connectivity index (χ2n) is 6.81. The maximum Gasteiger partial charge on any atom is 0.284 e. The van der Waals surface area contributed by atoms with Gasteiger partial charge >= 0.3 is 0 Å². The first-order chi connectivity index (χ1) is 14.0. The second kappa shape index (κ2) is 11.1. The zero-order valence-electron chi connectivity index (χ0n) is 17.5. The highest BCUT2D eigenvalue weighted by Gasteiger charge is 2.21. The molecule has 0 saturated carbocycles. The summed E-state index contributed by atoms with van der Waals surface area (Å²) in [5.41, 5.74) is 7.35. The van der Waals surface area contributed by atoms with E-state index in [1.165, 1.54) is 5.56 Å². The lowest BCUT2D eigenvalue weighted by atomic mass is 10.1. The van der Waals surface area contributed by atoms with Crippen LogP contribution in [0, 0.1) is 0 Å². The van der Waals surface area contributed by atoms with Crippen LogP contribution in [0.5, 0.6) is 11.5 Å². The lowest BCUT2D eigenvalue weighted by Crippen LogP contribution is -2.36. The number of furan rings is 1. The lowest BCUT2D eigenvalue weighted by Gasteiger charge is -2.13. The van der Waals surface area contributed by atoms with E-state index in [2.05, 4.69) is 28.6 Å². The van der Waals surface area contributed by atoms with Crippen molar-refractivity contribution in [1.82, 2.24) is 10.6 Å². The Hall–Kier alpha value is -2.43. The molecule has 9 heteroatoms. The minimum Gasteiger partial charge on any atom is -0.494 e. The number of guanidine groups is 1. The van der Waals surface area contributed by atoms with E-state index < -0.39 is 5.91 Å². The Morgan fingerprint density at radius 1 is 1.30 bits per heavy atom. The van der Waals surface area contributed by atoms with Gasteiger partial charge in [-0.25, -0.2) is 4.99 Å². The van der Waals surface area contributed by atoms with E-state index in [4.69, 9.17) is 19.6 Å². The Kier molecular flexibility index (Phi) is 8.82. The third kappa shape index (κ3) is 6.04. The number of aliphatic imine (C=N–C) groups is 1. The number of rotatable bonds is 8. The van der Waals surface area contributed by atoms with Gasteiger partial charge in [0.05, 0.1) is 19.7 Å².